The van der Waals surface area contributed by atoms with Crippen molar-refractivity contribution in [2.45, 2.75) is 18.4 Å². The number of hydrazone groups is 1. The molecule has 0 spiro atoms. The number of imide groups is 1. The molecule has 2 heterocycles. The van der Waals surface area contributed by atoms with Gasteiger partial charge in [-0.1, -0.05) is 18.2 Å². The smallest absolute Gasteiger partial charge is 0.322 e. The van der Waals surface area contributed by atoms with Gasteiger partial charge in [0.2, 0.25) is 0 Å². The molecule has 2 fully saturated rings. The minimum Gasteiger partial charge on any atom is -0.381 e. The molecule has 0 radical (unpaired) electrons. The summed E-state index contributed by atoms with van der Waals surface area (Å²) in [6.07, 6.45) is 2.03. The zero-order valence-electron chi connectivity index (χ0n) is 16.1. The van der Waals surface area contributed by atoms with Crippen LogP contribution >= 0.6 is 0 Å². The molecule has 10 heteroatoms. The standard InChI is InChI=1S/C19H24N6O4/c1-25(14-5-3-2-4-6-14)24-15(11-20)16(26)21-12-19(13-7-9-29-10-8-13)17(27)22-18(28)23-19/h2-6,11,13,20H,7-10,12H2,1H3,(H,21,26)(H2,22,23,27,28)/b20-11?,24-15+. The molecule has 0 saturated carbocycles. The molecule has 10 nitrogen and oxygen atoms in total. The number of urea groups is 1. The molecule has 1 atom stereocenters. The van der Waals surface area contributed by atoms with Gasteiger partial charge in [-0.15, -0.1) is 0 Å². The second kappa shape index (κ2) is 8.82. The Labute approximate surface area is 168 Å². The van der Waals surface area contributed by atoms with E-state index in [0.29, 0.717) is 26.1 Å². The second-order valence-corrected chi connectivity index (χ2v) is 6.94. The molecular formula is C19H24N6O4. The molecule has 29 heavy (non-hydrogen) atoms. The number of benzene rings is 1. The van der Waals surface area contributed by atoms with Gasteiger partial charge in [0.15, 0.2) is 5.71 Å². The van der Waals surface area contributed by atoms with Crippen LogP contribution in [0.3, 0.4) is 0 Å². The number of carbonyl (C=O) groups excluding carboxylic acids is 3. The van der Waals surface area contributed by atoms with Crippen molar-refractivity contribution in [3.05, 3.63) is 30.3 Å². The van der Waals surface area contributed by atoms with Crippen LogP contribution in [0.1, 0.15) is 12.8 Å². The number of ether oxygens (including phenoxy) is 1. The third-order valence-electron chi connectivity index (χ3n) is 5.17. The van der Waals surface area contributed by atoms with E-state index in [1.54, 1.807) is 7.05 Å². The SMILES string of the molecule is CN(/N=C(\C=N)C(=O)NCC1(C2CCOCC2)NC(=O)NC1=O)c1ccccc1. The number of rotatable bonds is 7. The highest BCUT2D eigenvalue weighted by Crippen LogP contribution is 2.29. The molecule has 154 valence electrons. The van der Waals surface area contributed by atoms with Crippen molar-refractivity contribution in [2.75, 3.05) is 31.8 Å². The van der Waals surface area contributed by atoms with Crippen molar-refractivity contribution in [1.82, 2.24) is 16.0 Å². The van der Waals surface area contributed by atoms with E-state index in [4.69, 9.17) is 10.1 Å². The van der Waals surface area contributed by atoms with Crippen LogP contribution in [0, 0.1) is 11.3 Å². The third-order valence-corrected chi connectivity index (χ3v) is 5.17. The Hall–Kier alpha value is -3.27. The quantitative estimate of drug-likeness (QED) is 0.295. The zero-order chi connectivity index (χ0) is 20.9. The number of anilines is 1. The maximum Gasteiger partial charge on any atom is 0.322 e. The highest BCUT2D eigenvalue weighted by Gasteiger charge is 2.52. The maximum absolute atomic E-state index is 12.6. The third kappa shape index (κ3) is 4.43. The second-order valence-electron chi connectivity index (χ2n) is 6.94. The Bertz CT molecular complexity index is 821. The molecule has 0 aromatic heterocycles. The Morgan fingerprint density at radius 2 is 2.03 bits per heavy atom. The largest absolute Gasteiger partial charge is 0.381 e. The van der Waals surface area contributed by atoms with Crippen LogP contribution in [0.5, 0.6) is 0 Å². The first-order valence-electron chi connectivity index (χ1n) is 9.33. The lowest BCUT2D eigenvalue weighted by molar-refractivity contribution is -0.127. The number of nitrogens with one attached hydrogen (secondary N) is 4. The first-order valence-corrected chi connectivity index (χ1v) is 9.33. The number of para-hydroxylation sites is 1. The van der Waals surface area contributed by atoms with E-state index in [9.17, 15) is 14.4 Å². The van der Waals surface area contributed by atoms with Crippen LogP contribution in [0.2, 0.25) is 0 Å². The summed E-state index contributed by atoms with van der Waals surface area (Å²) in [5.41, 5.74) is -0.612. The summed E-state index contributed by atoms with van der Waals surface area (Å²) in [5.74, 6) is -1.25. The molecule has 1 unspecified atom stereocenters. The lowest BCUT2D eigenvalue weighted by atomic mass is 9.78. The molecule has 1 aromatic rings. The van der Waals surface area contributed by atoms with Crippen molar-refractivity contribution in [1.29, 1.82) is 5.41 Å². The fourth-order valence-corrected chi connectivity index (χ4v) is 3.57. The van der Waals surface area contributed by atoms with Crippen LogP contribution in [-0.2, 0) is 14.3 Å². The molecule has 0 bridgehead atoms. The minimum absolute atomic E-state index is 0.101. The molecule has 0 aliphatic carbocycles. The lowest BCUT2D eigenvalue weighted by Gasteiger charge is -2.37. The Kier molecular flexibility index (Phi) is 6.23. The van der Waals surface area contributed by atoms with Gasteiger partial charge in [-0.25, -0.2) is 4.79 Å². The van der Waals surface area contributed by atoms with E-state index in [0.717, 1.165) is 11.9 Å². The predicted octanol–water partition coefficient (Wildman–Crippen LogP) is 0.249. The lowest BCUT2D eigenvalue weighted by Crippen LogP contribution is -2.61. The Balaban J connectivity index is 1.73. The van der Waals surface area contributed by atoms with Gasteiger partial charge in [0.25, 0.3) is 11.8 Å². The van der Waals surface area contributed by atoms with Crippen molar-refractivity contribution < 1.29 is 19.1 Å². The highest BCUT2D eigenvalue weighted by molar-refractivity contribution is 6.60. The van der Waals surface area contributed by atoms with E-state index < -0.39 is 23.4 Å². The van der Waals surface area contributed by atoms with Gasteiger partial charge in [0.05, 0.1) is 18.4 Å². The molecule has 4 amide bonds. The van der Waals surface area contributed by atoms with Gasteiger partial charge < -0.3 is 20.8 Å². The first-order chi connectivity index (χ1) is 14.0. The number of amides is 4. The van der Waals surface area contributed by atoms with E-state index in [2.05, 4.69) is 21.1 Å². The maximum atomic E-state index is 12.6. The van der Waals surface area contributed by atoms with Crippen molar-refractivity contribution in [3.63, 3.8) is 0 Å². The van der Waals surface area contributed by atoms with Crippen LogP contribution in [0.25, 0.3) is 0 Å². The van der Waals surface area contributed by atoms with Crippen molar-refractivity contribution in [3.8, 4) is 0 Å². The van der Waals surface area contributed by atoms with E-state index in [-0.39, 0.29) is 18.2 Å². The summed E-state index contributed by atoms with van der Waals surface area (Å²) < 4.78 is 5.35. The Morgan fingerprint density at radius 1 is 1.34 bits per heavy atom. The number of hydrogen-bond donors (Lipinski definition) is 4. The summed E-state index contributed by atoms with van der Waals surface area (Å²) in [6.45, 7) is 0.868. The highest BCUT2D eigenvalue weighted by atomic mass is 16.5. The van der Waals surface area contributed by atoms with Crippen LogP contribution in [0.15, 0.2) is 35.4 Å². The zero-order valence-corrected chi connectivity index (χ0v) is 16.1. The van der Waals surface area contributed by atoms with Crippen LogP contribution in [0.4, 0.5) is 10.5 Å². The summed E-state index contributed by atoms with van der Waals surface area (Å²) in [7, 11) is 1.67. The van der Waals surface area contributed by atoms with Crippen molar-refractivity contribution in [2.24, 2.45) is 11.0 Å². The van der Waals surface area contributed by atoms with Gasteiger partial charge in [-0.2, -0.15) is 5.10 Å². The van der Waals surface area contributed by atoms with Gasteiger partial charge >= 0.3 is 6.03 Å². The Morgan fingerprint density at radius 3 is 2.62 bits per heavy atom. The summed E-state index contributed by atoms with van der Waals surface area (Å²) in [4.78, 5) is 37.0. The summed E-state index contributed by atoms with van der Waals surface area (Å²) in [6, 6.07) is 8.60. The molecular weight excluding hydrogens is 376 g/mol. The molecule has 2 saturated heterocycles. The average Bonchev–Trinajstić information content (AvgIpc) is 3.05. The summed E-state index contributed by atoms with van der Waals surface area (Å²) in [5, 5.41) is 20.8. The monoisotopic (exact) mass is 400 g/mol. The topological polar surface area (TPSA) is 136 Å². The first kappa shape index (κ1) is 20.5. The van der Waals surface area contributed by atoms with E-state index in [1.165, 1.54) is 5.01 Å². The molecule has 4 N–H and O–H groups in total. The number of hydrogen-bond acceptors (Lipinski definition) is 7. The molecule has 1 aromatic carbocycles. The number of carbonyl (C=O) groups is 3. The van der Waals surface area contributed by atoms with Crippen LogP contribution < -0.4 is 21.0 Å². The van der Waals surface area contributed by atoms with E-state index in [1.807, 2.05) is 30.3 Å². The van der Waals surface area contributed by atoms with E-state index >= 15 is 0 Å². The van der Waals surface area contributed by atoms with Gasteiger partial charge in [-0.3, -0.25) is 19.9 Å². The van der Waals surface area contributed by atoms with Gasteiger partial charge in [0, 0.05) is 20.3 Å². The normalized spacial score (nSPS) is 22.6. The number of nitrogens with zero attached hydrogens (tertiary/aromatic N) is 2. The molecule has 3 rings (SSSR count). The predicted molar refractivity (Wildman–Crippen MR) is 107 cm³/mol. The molecule has 2 aliphatic rings. The van der Waals surface area contributed by atoms with Gasteiger partial charge in [0.1, 0.15) is 5.54 Å². The average molecular weight is 400 g/mol. The fraction of sp³-hybridized carbons (Fsp3) is 0.421. The fourth-order valence-electron chi connectivity index (χ4n) is 3.57. The van der Waals surface area contributed by atoms with Crippen molar-refractivity contribution >= 4 is 35.5 Å². The molecule has 2 aliphatic heterocycles. The summed E-state index contributed by atoms with van der Waals surface area (Å²) >= 11 is 0. The van der Waals surface area contributed by atoms with Gasteiger partial charge in [-0.05, 0) is 30.9 Å². The minimum atomic E-state index is -1.24. The van der Waals surface area contributed by atoms with Crippen LogP contribution in [-0.4, -0.2) is 62.1 Å².